The summed E-state index contributed by atoms with van der Waals surface area (Å²) in [6, 6.07) is 54.3. The molecule has 63 heavy (non-hydrogen) atoms. The molecule has 0 radical (unpaired) electrons. The molecule has 0 saturated heterocycles. The molecule has 0 fully saturated rings. The fraction of sp³-hybridized carbons (Fsp3) is 0.218. The standard InChI is InChI=1S/C55H54N6O2/c1-53(2,3)44-21-25-47(26-22-44)55(46-11-9-8-10-12-46,48-27-23-45(24-28-48)54(4,5)6)49-29-31-50(32-30-49)59-52(63)43-33-42(36-61(7)37-43)51(62)57-34-38-13-17-40(18-14-38)41-19-15-39(16-20-41)35-58-60-56/h8-33,36-37H,34-35H2,1-7H3,(H-,57,59,62,63)/p+1. The van der Waals surface area contributed by atoms with Gasteiger partial charge in [0.2, 0.25) is 0 Å². The summed E-state index contributed by atoms with van der Waals surface area (Å²) in [6.07, 6.45) is 3.42. The maximum absolute atomic E-state index is 13.8. The van der Waals surface area contributed by atoms with E-state index in [0.717, 1.165) is 44.5 Å². The summed E-state index contributed by atoms with van der Waals surface area (Å²) in [5.74, 6) is -0.605. The summed E-state index contributed by atoms with van der Waals surface area (Å²) in [4.78, 5) is 30.1. The molecule has 0 aliphatic heterocycles. The van der Waals surface area contributed by atoms with Crippen LogP contribution in [0.5, 0.6) is 0 Å². The van der Waals surface area contributed by atoms with Crippen LogP contribution in [0.1, 0.15) is 107 Å². The van der Waals surface area contributed by atoms with Crippen molar-refractivity contribution in [3.63, 3.8) is 0 Å². The molecule has 0 atom stereocenters. The van der Waals surface area contributed by atoms with Gasteiger partial charge in [-0.3, -0.25) is 9.59 Å². The van der Waals surface area contributed by atoms with Crippen molar-refractivity contribution in [3.8, 4) is 11.1 Å². The highest BCUT2D eigenvalue weighted by Gasteiger charge is 2.39. The van der Waals surface area contributed by atoms with Gasteiger partial charge in [-0.2, -0.15) is 0 Å². The fourth-order valence-corrected chi connectivity index (χ4v) is 8.12. The van der Waals surface area contributed by atoms with Gasteiger partial charge in [0.25, 0.3) is 11.8 Å². The molecule has 1 aromatic heterocycles. The molecule has 7 rings (SSSR count). The van der Waals surface area contributed by atoms with E-state index in [1.807, 2.05) is 60.7 Å². The van der Waals surface area contributed by atoms with Crippen LogP contribution in [0.25, 0.3) is 21.6 Å². The second kappa shape index (κ2) is 18.4. The number of aromatic nitrogens is 1. The topological polar surface area (TPSA) is 111 Å². The lowest BCUT2D eigenvalue weighted by molar-refractivity contribution is -0.671. The maximum atomic E-state index is 13.8. The normalized spacial score (nSPS) is 11.7. The first-order chi connectivity index (χ1) is 30.1. The number of aryl methyl sites for hydroxylation is 1. The molecule has 0 saturated carbocycles. The van der Waals surface area contributed by atoms with Crippen molar-refractivity contribution in [2.75, 3.05) is 5.32 Å². The van der Waals surface area contributed by atoms with E-state index >= 15 is 0 Å². The average Bonchev–Trinajstić information content (AvgIpc) is 3.28. The first-order valence-electron chi connectivity index (χ1n) is 21.3. The molecule has 0 bridgehead atoms. The van der Waals surface area contributed by atoms with Crippen LogP contribution in [0.2, 0.25) is 0 Å². The number of carbonyl (C=O) groups is 2. The van der Waals surface area contributed by atoms with Crippen LogP contribution in [-0.4, -0.2) is 11.8 Å². The van der Waals surface area contributed by atoms with Crippen LogP contribution >= 0.6 is 0 Å². The Balaban J connectivity index is 1.12. The van der Waals surface area contributed by atoms with Crippen molar-refractivity contribution < 1.29 is 14.2 Å². The Hall–Kier alpha value is -7.28. The van der Waals surface area contributed by atoms with Gasteiger partial charge in [0.1, 0.15) is 18.2 Å². The van der Waals surface area contributed by atoms with Crippen molar-refractivity contribution in [2.45, 2.75) is 70.9 Å². The lowest BCUT2D eigenvalue weighted by Gasteiger charge is -2.37. The maximum Gasteiger partial charge on any atom is 0.261 e. The number of nitrogens with zero attached hydrogens (tertiary/aromatic N) is 4. The van der Waals surface area contributed by atoms with Crippen molar-refractivity contribution >= 4 is 17.5 Å². The molecule has 0 spiro atoms. The first-order valence-corrected chi connectivity index (χ1v) is 21.3. The summed E-state index contributed by atoms with van der Waals surface area (Å²) >= 11 is 0. The van der Waals surface area contributed by atoms with Gasteiger partial charge in [-0.25, -0.2) is 4.57 Å². The van der Waals surface area contributed by atoms with E-state index in [0.29, 0.717) is 29.9 Å². The molecule has 0 aliphatic carbocycles. The summed E-state index contributed by atoms with van der Waals surface area (Å²) in [5, 5.41) is 9.70. The van der Waals surface area contributed by atoms with Crippen LogP contribution in [0.15, 0.2) is 175 Å². The number of nitrogens with one attached hydrogen (secondary N) is 2. The second-order valence-corrected chi connectivity index (χ2v) is 18.2. The number of pyridine rings is 1. The van der Waals surface area contributed by atoms with Gasteiger partial charge in [-0.05, 0) is 90.2 Å². The smallest absolute Gasteiger partial charge is 0.261 e. The SMILES string of the molecule is C[n+]1cc(C(=O)NCc2ccc(-c3ccc(CN=[N+]=[N-])cc3)cc2)cc(C(=O)Nc2ccc(C(c3ccccc3)(c3ccc(C(C)(C)C)cc3)c3ccc(C(C)(C)C)cc3)cc2)c1. The molecule has 2 amide bonds. The Morgan fingerprint density at radius 2 is 0.984 bits per heavy atom. The van der Waals surface area contributed by atoms with Gasteiger partial charge in [0.05, 0.1) is 12.0 Å². The van der Waals surface area contributed by atoms with Crippen LogP contribution in [0.3, 0.4) is 0 Å². The van der Waals surface area contributed by atoms with E-state index in [4.69, 9.17) is 5.53 Å². The summed E-state index contributed by atoms with van der Waals surface area (Å²) in [7, 11) is 1.80. The molecule has 0 unspecified atom stereocenters. The Kier molecular flexibility index (Phi) is 12.8. The number of amides is 2. The molecule has 2 N–H and O–H groups in total. The minimum absolute atomic E-state index is 0.00287. The second-order valence-electron chi connectivity index (χ2n) is 18.2. The third kappa shape index (κ3) is 9.94. The number of benzene rings is 6. The van der Waals surface area contributed by atoms with E-state index in [1.165, 1.54) is 11.1 Å². The number of anilines is 1. The molecule has 8 nitrogen and oxygen atoms in total. The van der Waals surface area contributed by atoms with Crippen molar-refractivity contribution in [2.24, 2.45) is 12.2 Å². The van der Waals surface area contributed by atoms with Crippen LogP contribution < -0.4 is 15.2 Å². The van der Waals surface area contributed by atoms with Gasteiger partial charge in [-0.1, -0.05) is 186 Å². The number of carbonyl (C=O) groups excluding carboxylic acids is 2. The first kappa shape index (κ1) is 43.8. The minimum Gasteiger partial charge on any atom is -0.348 e. The lowest BCUT2D eigenvalue weighted by Crippen LogP contribution is -2.33. The summed E-state index contributed by atoms with van der Waals surface area (Å²) in [6.45, 7) is 14.0. The predicted octanol–water partition coefficient (Wildman–Crippen LogP) is 12.1. The van der Waals surface area contributed by atoms with Gasteiger partial charge in [-0.15, -0.1) is 0 Å². The molecule has 7 aromatic rings. The van der Waals surface area contributed by atoms with E-state index < -0.39 is 5.41 Å². The van der Waals surface area contributed by atoms with Gasteiger partial charge >= 0.3 is 0 Å². The Morgan fingerprint density at radius 1 is 0.556 bits per heavy atom. The highest BCUT2D eigenvalue weighted by Crippen LogP contribution is 2.46. The Morgan fingerprint density at radius 3 is 1.46 bits per heavy atom. The third-order valence-corrected chi connectivity index (χ3v) is 11.7. The van der Waals surface area contributed by atoms with Crippen LogP contribution in [0, 0.1) is 0 Å². The summed E-state index contributed by atoms with van der Waals surface area (Å²) in [5.41, 5.74) is 20.3. The van der Waals surface area contributed by atoms with E-state index in [2.05, 4.69) is 153 Å². The van der Waals surface area contributed by atoms with Gasteiger partial charge in [0, 0.05) is 17.1 Å². The average molecular weight is 832 g/mol. The van der Waals surface area contributed by atoms with E-state index in [1.54, 1.807) is 30.1 Å². The highest BCUT2D eigenvalue weighted by atomic mass is 16.2. The molecular weight excluding hydrogens is 777 g/mol. The summed E-state index contributed by atoms with van der Waals surface area (Å²) < 4.78 is 1.73. The number of rotatable bonds is 12. The minimum atomic E-state index is -0.657. The number of hydrogen-bond acceptors (Lipinski definition) is 3. The van der Waals surface area contributed by atoms with Crippen LogP contribution in [-0.2, 0) is 36.4 Å². The molecule has 316 valence electrons. The molecule has 0 aliphatic rings. The molecule has 1 heterocycles. The van der Waals surface area contributed by atoms with Gasteiger partial charge < -0.3 is 10.6 Å². The quantitative estimate of drug-likeness (QED) is 0.0420. The number of azide groups is 1. The van der Waals surface area contributed by atoms with Crippen molar-refractivity contribution in [1.82, 2.24) is 5.32 Å². The van der Waals surface area contributed by atoms with E-state index in [-0.39, 0.29) is 22.6 Å². The third-order valence-electron chi connectivity index (χ3n) is 11.7. The molecular formula is C55H55N6O2+. The lowest BCUT2D eigenvalue weighted by atomic mass is 9.64. The Bertz CT molecular complexity index is 2680. The van der Waals surface area contributed by atoms with Crippen molar-refractivity contribution in [1.29, 1.82) is 0 Å². The zero-order valence-electron chi connectivity index (χ0n) is 37.2. The van der Waals surface area contributed by atoms with Gasteiger partial charge in [0.15, 0.2) is 12.4 Å². The monoisotopic (exact) mass is 831 g/mol. The van der Waals surface area contributed by atoms with Crippen molar-refractivity contribution in [3.05, 3.63) is 236 Å². The van der Waals surface area contributed by atoms with E-state index in [9.17, 15) is 9.59 Å². The number of hydrogen-bond donors (Lipinski definition) is 2. The molecule has 6 aromatic carbocycles. The largest absolute Gasteiger partial charge is 0.348 e. The van der Waals surface area contributed by atoms with Crippen LogP contribution in [0.4, 0.5) is 5.69 Å². The predicted molar refractivity (Wildman–Crippen MR) is 254 cm³/mol. The zero-order valence-corrected chi connectivity index (χ0v) is 37.2. The zero-order chi connectivity index (χ0) is 44.8. The fourth-order valence-electron chi connectivity index (χ4n) is 8.12. The molecule has 8 heteroatoms. The Labute approximate surface area is 371 Å². The highest BCUT2D eigenvalue weighted by molar-refractivity contribution is 6.05.